The van der Waals surface area contributed by atoms with Crippen LogP contribution >= 0.6 is 0 Å². The first kappa shape index (κ1) is 34.4. The number of ether oxygens (including phenoxy) is 1. The molecule has 0 heterocycles. The van der Waals surface area contributed by atoms with E-state index in [0.29, 0.717) is 24.7 Å². The van der Waals surface area contributed by atoms with Gasteiger partial charge < -0.3 is 14.3 Å². The molecule has 0 aliphatic heterocycles. The summed E-state index contributed by atoms with van der Waals surface area (Å²) in [4.78, 5) is 13.1. The van der Waals surface area contributed by atoms with Crippen LogP contribution in [0.3, 0.4) is 0 Å². The van der Waals surface area contributed by atoms with Gasteiger partial charge in [-0.2, -0.15) is 0 Å². The van der Waals surface area contributed by atoms with Gasteiger partial charge in [0.2, 0.25) is 0 Å². The molecule has 240 valence electrons. The fourth-order valence-corrected chi connectivity index (χ4v) is 12.2. The molecule has 0 unspecified atom stereocenters. The van der Waals surface area contributed by atoms with Gasteiger partial charge in [0.15, 0.2) is 0 Å². The van der Waals surface area contributed by atoms with Crippen molar-refractivity contribution in [3.05, 3.63) is 84.5 Å². The van der Waals surface area contributed by atoms with Gasteiger partial charge in [0.05, 0.1) is 5.41 Å². The molecule has 0 spiro atoms. The molecule has 2 aromatic carbocycles. The zero-order chi connectivity index (χ0) is 32.3. The Morgan fingerprint density at radius 3 is 1.95 bits per heavy atom. The fraction of sp³-hybridized carbons (Fsp3) is 0.564. The van der Waals surface area contributed by atoms with E-state index in [9.17, 15) is 9.90 Å². The highest BCUT2D eigenvalue weighted by molar-refractivity contribution is 6.99. The van der Waals surface area contributed by atoms with Crippen LogP contribution in [0.25, 0.3) is 0 Å². The summed E-state index contributed by atoms with van der Waals surface area (Å²) in [6.45, 7) is 19.5. The normalized spacial score (nSPS) is 27.7. The molecule has 0 saturated carbocycles. The highest BCUT2D eigenvalue weighted by atomic mass is 28.4. The van der Waals surface area contributed by atoms with Crippen molar-refractivity contribution >= 4 is 24.7 Å². The number of carbonyl (C=O) groups is 1. The van der Waals surface area contributed by atoms with Gasteiger partial charge >= 0.3 is 5.97 Å². The Morgan fingerprint density at radius 1 is 0.886 bits per heavy atom. The lowest BCUT2D eigenvalue weighted by atomic mass is 9.64. The molecule has 5 heteroatoms. The van der Waals surface area contributed by atoms with Crippen molar-refractivity contribution in [1.29, 1.82) is 0 Å². The summed E-state index contributed by atoms with van der Waals surface area (Å²) < 4.78 is 13.8. The quantitative estimate of drug-likeness (QED) is 0.204. The lowest BCUT2D eigenvalue weighted by Gasteiger charge is -2.47. The zero-order valence-electron chi connectivity index (χ0n) is 28.5. The molecule has 0 aromatic heterocycles. The molecule has 4 rings (SSSR count). The maximum atomic E-state index is 13.1. The Bertz CT molecular complexity index is 1250. The van der Waals surface area contributed by atoms with E-state index >= 15 is 0 Å². The topological polar surface area (TPSA) is 55.8 Å². The van der Waals surface area contributed by atoms with E-state index in [0.717, 1.165) is 12.8 Å². The molecule has 1 N–H and O–H groups in total. The Hall–Kier alpha value is -2.47. The smallest absolute Gasteiger partial charge is 0.311 e. The molecule has 0 radical (unpaired) electrons. The van der Waals surface area contributed by atoms with Crippen molar-refractivity contribution in [3.8, 4) is 0 Å². The molecule has 0 saturated heterocycles. The number of rotatable bonds is 6. The van der Waals surface area contributed by atoms with E-state index in [1.165, 1.54) is 15.9 Å². The summed E-state index contributed by atoms with van der Waals surface area (Å²) in [5, 5.41) is 13.9. The number of hydrogen-bond acceptors (Lipinski definition) is 4. The molecule has 2 aromatic rings. The van der Waals surface area contributed by atoms with Crippen LogP contribution in [0, 0.1) is 29.1 Å². The summed E-state index contributed by atoms with van der Waals surface area (Å²) in [7, 11) is -2.78. The third-order valence-corrected chi connectivity index (χ3v) is 15.1. The van der Waals surface area contributed by atoms with Crippen LogP contribution < -0.4 is 10.4 Å². The summed E-state index contributed by atoms with van der Waals surface area (Å²) in [6, 6.07) is 21.7. The maximum Gasteiger partial charge on any atom is 0.311 e. The summed E-state index contributed by atoms with van der Waals surface area (Å²) in [6.07, 6.45) is 8.07. The molecule has 2 aliphatic carbocycles. The number of carbonyl (C=O) groups excluding carboxylic acids is 1. The second-order valence-corrected chi connectivity index (χ2v) is 19.8. The van der Waals surface area contributed by atoms with Gasteiger partial charge in [-0.25, -0.2) is 0 Å². The maximum absolute atomic E-state index is 13.1. The highest BCUT2D eigenvalue weighted by Crippen LogP contribution is 2.46. The number of esters is 1. The molecule has 0 bridgehead atoms. The second-order valence-electron chi connectivity index (χ2n) is 15.6. The Labute approximate surface area is 268 Å². The van der Waals surface area contributed by atoms with Crippen LogP contribution in [0.4, 0.5) is 0 Å². The van der Waals surface area contributed by atoms with Gasteiger partial charge in [0, 0.05) is 6.10 Å². The summed E-state index contributed by atoms with van der Waals surface area (Å²) >= 11 is 0. The zero-order valence-corrected chi connectivity index (χ0v) is 29.5. The lowest BCUT2D eigenvalue weighted by Crippen LogP contribution is -2.67. The third-order valence-electron chi connectivity index (χ3n) is 9.99. The fourth-order valence-electron chi connectivity index (χ4n) is 7.50. The molecule has 0 fully saturated rings. The number of aliphatic hydroxyl groups is 1. The van der Waals surface area contributed by atoms with Gasteiger partial charge in [-0.05, 0) is 92.5 Å². The minimum Gasteiger partial charge on any atom is -0.459 e. The van der Waals surface area contributed by atoms with E-state index in [1.54, 1.807) is 0 Å². The second kappa shape index (κ2) is 13.9. The monoisotopic (exact) mass is 616 g/mol. The van der Waals surface area contributed by atoms with Crippen molar-refractivity contribution in [2.75, 3.05) is 0 Å². The molecule has 0 amide bonds. The van der Waals surface area contributed by atoms with E-state index in [-0.39, 0.29) is 28.9 Å². The van der Waals surface area contributed by atoms with Gasteiger partial charge in [0.1, 0.15) is 12.2 Å². The molecule has 2 aliphatic rings. The Balaban J connectivity index is 1.82. The molecule has 6 atom stereocenters. The molecule has 4 nitrogen and oxygen atoms in total. The Morgan fingerprint density at radius 2 is 1.45 bits per heavy atom. The first-order valence-electron chi connectivity index (χ1n) is 16.7. The third kappa shape index (κ3) is 7.49. The standard InChI is InChI=1S/C39H56O4Si/c1-27(2)32-24-23-28(3)33-25-29(17-16-22-35(40)36(26-34(32)33)42-37(41)38(4,5)6)43-44(39(7,8)9,30-18-12-10-13-19-30)31-20-14-11-15-21-31/h10-16,18-23,27,29,32-36,40H,17,24-26H2,1-9H3/b22-16-/t29-,32-,33+,34-,35-,36+/m1/s1. The molecular weight excluding hydrogens is 561 g/mol. The average Bonchev–Trinajstić information content (AvgIpc) is 2.96. The molecule has 44 heavy (non-hydrogen) atoms. The van der Waals surface area contributed by atoms with Crippen molar-refractivity contribution in [2.45, 2.75) is 111 Å². The van der Waals surface area contributed by atoms with Crippen LogP contribution in [-0.4, -0.2) is 37.7 Å². The summed E-state index contributed by atoms with van der Waals surface area (Å²) in [5.74, 6) is 1.18. The van der Waals surface area contributed by atoms with E-state index in [2.05, 4.69) is 114 Å². The van der Waals surface area contributed by atoms with Crippen molar-refractivity contribution < 1.29 is 19.1 Å². The lowest BCUT2D eigenvalue weighted by molar-refractivity contribution is -0.165. The van der Waals surface area contributed by atoms with Crippen molar-refractivity contribution in [1.82, 2.24) is 0 Å². The number of hydrogen-bond donors (Lipinski definition) is 1. The predicted molar refractivity (Wildman–Crippen MR) is 185 cm³/mol. The number of allylic oxidation sites excluding steroid dienone is 2. The SMILES string of the molecule is CC1=CC[C@H](C(C)C)[C@H]2C[C@H](OC(=O)C(C)(C)C)[C@H](O)/C=C\C[C@@H](O[Si](c3ccccc3)(c3ccccc3)C(C)(C)C)C[C@@H]12. The number of aliphatic hydroxyl groups excluding tert-OH is 1. The minimum absolute atomic E-state index is 0.0415. The highest BCUT2D eigenvalue weighted by Gasteiger charge is 2.52. The van der Waals surface area contributed by atoms with Gasteiger partial charge in [-0.1, -0.05) is 119 Å². The van der Waals surface area contributed by atoms with E-state index < -0.39 is 25.9 Å². The molecular formula is C39H56O4Si. The number of benzene rings is 2. The summed E-state index contributed by atoms with van der Waals surface area (Å²) in [5.41, 5.74) is 0.759. The van der Waals surface area contributed by atoms with Crippen molar-refractivity contribution in [2.24, 2.45) is 29.1 Å². The van der Waals surface area contributed by atoms with Crippen LogP contribution in [0.2, 0.25) is 5.04 Å². The predicted octanol–water partition coefficient (Wildman–Crippen LogP) is 7.85. The van der Waals surface area contributed by atoms with E-state index in [4.69, 9.17) is 9.16 Å². The largest absolute Gasteiger partial charge is 0.459 e. The van der Waals surface area contributed by atoms with Gasteiger partial charge in [-0.15, -0.1) is 0 Å². The van der Waals surface area contributed by atoms with Gasteiger partial charge in [-0.3, -0.25) is 4.79 Å². The van der Waals surface area contributed by atoms with Crippen LogP contribution in [0.15, 0.2) is 84.5 Å². The first-order chi connectivity index (χ1) is 20.6. The van der Waals surface area contributed by atoms with Crippen LogP contribution in [-0.2, 0) is 14.0 Å². The van der Waals surface area contributed by atoms with E-state index in [1.807, 2.05) is 26.8 Å². The average molecular weight is 617 g/mol. The van der Waals surface area contributed by atoms with Crippen LogP contribution in [0.5, 0.6) is 0 Å². The number of fused-ring (bicyclic) bond motifs is 1. The van der Waals surface area contributed by atoms with Gasteiger partial charge in [0.25, 0.3) is 8.32 Å². The Kier molecular flexibility index (Phi) is 10.9. The van der Waals surface area contributed by atoms with Crippen LogP contribution in [0.1, 0.15) is 88.0 Å². The minimum atomic E-state index is -2.78. The van der Waals surface area contributed by atoms with Crippen molar-refractivity contribution in [3.63, 3.8) is 0 Å². The first-order valence-corrected chi connectivity index (χ1v) is 18.6.